The van der Waals surface area contributed by atoms with E-state index in [0.717, 1.165) is 12.1 Å². The molecule has 0 saturated heterocycles. The van der Waals surface area contributed by atoms with Gasteiger partial charge >= 0.3 is 0 Å². The summed E-state index contributed by atoms with van der Waals surface area (Å²) in [4.78, 5) is 26.4. The molecular formula is C10H10N4O2. The Morgan fingerprint density at radius 3 is 3.06 bits per heavy atom. The Hall–Kier alpha value is -2.11. The predicted octanol–water partition coefficient (Wildman–Crippen LogP) is -0.172. The SMILES string of the molecule is CCc1cc2[nH]c3c(c(=O)n2n1)CNC3=O. The van der Waals surface area contributed by atoms with Crippen LogP contribution < -0.4 is 10.9 Å². The van der Waals surface area contributed by atoms with E-state index >= 15 is 0 Å². The smallest absolute Gasteiger partial charge is 0.280 e. The summed E-state index contributed by atoms with van der Waals surface area (Å²) >= 11 is 0. The van der Waals surface area contributed by atoms with Crippen LogP contribution in [0.25, 0.3) is 5.65 Å². The number of carbonyl (C=O) groups is 1. The Labute approximate surface area is 90.3 Å². The second kappa shape index (κ2) is 2.94. The molecule has 0 radical (unpaired) electrons. The first-order valence-corrected chi connectivity index (χ1v) is 5.12. The lowest BCUT2D eigenvalue weighted by molar-refractivity contribution is 0.0961. The summed E-state index contributed by atoms with van der Waals surface area (Å²) in [7, 11) is 0. The highest BCUT2D eigenvalue weighted by Crippen LogP contribution is 2.11. The molecule has 1 aliphatic heterocycles. The van der Waals surface area contributed by atoms with Crippen molar-refractivity contribution in [3.8, 4) is 0 Å². The fraction of sp³-hybridized carbons (Fsp3) is 0.300. The fourth-order valence-corrected chi connectivity index (χ4v) is 1.90. The number of aromatic amines is 1. The second-order valence-corrected chi connectivity index (χ2v) is 3.75. The first kappa shape index (κ1) is 9.14. The monoisotopic (exact) mass is 218 g/mol. The molecule has 2 aromatic heterocycles. The summed E-state index contributed by atoms with van der Waals surface area (Å²) in [5, 5.41) is 6.77. The molecule has 82 valence electrons. The Bertz CT molecular complexity index is 653. The van der Waals surface area contributed by atoms with Crippen molar-refractivity contribution in [3.05, 3.63) is 33.4 Å². The lowest BCUT2D eigenvalue weighted by Crippen LogP contribution is -2.20. The van der Waals surface area contributed by atoms with Crippen LogP contribution in [0.2, 0.25) is 0 Å². The van der Waals surface area contributed by atoms with Crippen molar-refractivity contribution in [3.63, 3.8) is 0 Å². The van der Waals surface area contributed by atoms with E-state index in [1.807, 2.05) is 6.92 Å². The molecule has 0 saturated carbocycles. The number of hydrogen-bond donors (Lipinski definition) is 2. The van der Waals surface area contributed by atoms with Crippen LogP contribution in [0.4, 0.5) is 0 Å². The van der Waals surface area contributed by atoms with Crippen molar-refractivity contribution >= 4 is 11.6 Å². The molecular weight excluding hydrogens is 208 g/mol. The standard InChI is InChI=1S/C10H10N4O2/c1-2-5-3-7-12-8-6(4-11-9(8)15)10(16)14(7)13-5/h3,12H,2,4H2,1H3,(H,11,15). The number of nitrogens with one attached hydrogen (secondary N) is 2. The maximum absolute atomic E-state index is 12.0. The van der Waals surface area contributed by atoms with Crippen molar-refractivity contribution in [2.75, 3.05) is 0 Å². The van der Waals surface area contributed by atoms with E-state index in [1.165, 1.54) is 4.52 Å². The molecule has 0 spiro atoms. The number of carbonyl (C=O) groups excluding carboxylic acids is 1. The zero-order valence-electron chi connectivity index (χ0n) is 8.70. The summed E-state index contributed by atoms with van der Waals surface area (Å²) in [6.45, 7) is 2.24. The summed E-state index contributed by atoms with van der Waals surface area (Å²) < 4.78 is 1.32. The van der Waals surface area contributed by atoms with Crippen molar-refractivity contribution in [2.45, 2.75) is 19.9 Å². The molecule has 0 aromatic carbocycles. The second-order valence-electron chi connectivity index (χ2n) is 3.75. The third-order valence-corrected chi connectivity index (χ3v) is 2.78. The summed E-state index contributed by atoms with van der Waals surface area (Å²) in [5.74, 6) is -0.228. The number of rotatable bonds is 1. The van der Waals surface area contributed by atoms with Gasteiger partial charge in [-0.25, -0.2) is 0 Å². The maximum Gasteiger partial charge on any atom is 0.280 e. The van der Waals surface area contributed by atoms with Crippen LogP contribution >= 0.6 is 0 Å². The van der Waals surface area contributed by atoms with Gasteiger partial charge in [-0.05, 0) is 6.42 Å². The molecule has 0 atom stereocenters. The molecule has 1 amide bonds. The highest BCUT2D eigenvalue weighted by molar-refractivity contribution is 5.96. The minimum Gasteiger partial charge on any atom is -0.346 e. The summed E-state index contributed by atoms with van der Waals surface area (Å²) in [5.41, 5.74) is 2.00. The molecule has 0 aliphatic carbocycles. The maximum atomic E-state index is 12.0. The molecule has 6 heteroatoms. The molecule has 2 aromatic rings. The number of hydrogen-bond acceptors (Lipinski definition) is 3. The lowest BCUT2D eigenvalue weighted by atomic mass is 10.2. The van der Waals surface area contributed by atoms with E-state index in [2.05, 4.69) is 15.4 Å². The minimum absolute atomic E-state index is 0.221. The van der Waals surface area contributed by atoms with E-state index in [4.69, 9.17) is 0 Å². The fourth-order valence-electron chi connectivity index (χ4n) is 1.90. The van der Waals surface area contributed by atoms with Crippen molar-refractivity contribution in [1.82, 2.24) is 19.9 Å². The van der Waals surface area contributed by atoms with Gasteiger partial charge in [0.15, 0.2) is 0 Å². The number of aromatic nitrogens is 3. The Morgan fingerprint density at radius 2 is 2.31 bits per heavy atom. The molecule has 3 rings (SSSR count). The molecule has 1 aliphatic rings. The van der Waals surface area contributed by atoms with Crippen molar-refractivity contribution < 1.29 is 4.79 Å². The summed E-state index contributed by atoms with van der Waals surface area (Å²) in [6, 6.07) is 1.78. The van der Waals surface area contributed by atoms with Gasteiger partial charge in [0.25, 0.3) is 11.5 Å². The van der Waals surface area contributed by atoms with Crippen LogP contribution in [0.5, 0.6) is 0 Å². The number of H-pyrrole nitrogens is 1. The van der Waals surface area contributed by atoms with Gasteiger partial charge in [0.2, 0.25) is 0 Å². The molecule has 0 unspecified atom stereocenters. The van der Waals surface area contributed by atoms with E-state index < -0.39 is 0 Å². The molecule has 16 heavy (non-hydrogen) atoms. The van der Waals surface area contributed by atoms with Gasteiger partial charge in [-0.3, -0.25) is 9.59 Å². The third-order valence-electron chi connectivity index (χ3n) is 2.78. The van der Waals surface area contributed by atoms with Gasteiger partial charge < -0.3 is 10.3 Å². The zero-order chi connectivity index (χ0) is 11.3. The Balaban J connectivity index is 2.40. The zero-order valence-corrected chi connectivity index (χ0v) is 8.70. The van der Waals surface area contributed by atoms with Crippen molar-refractivity contribution in [2.24, 2.45) is 0 Å². The highest BCUT2D eigenvalue weighted by atomic mass is 16.2. The van der Waals surface area contributed by atoms with Crippen LogP contribution in [0.15, 0.2) is 10.9 Å². The van der Waals surface area contributed by atoms with E-state index in [0.29, 0.717) is 16.9 Å². The average molecular weight is 218 g/mol. The number of fused-ring (bicyclic) bond motifs is 2. The first-order valence-electron chi connectivity index (χ1n) is 5.12. The highest BCUT2D eigenvalue weighted by Gasteiger charge is 2.24. The Morgan fingerprint density at radius 1 is 1.50 bits per heavy atom. The first-order chi connectivity index (χ1) is 7.70. The number of aryl methyl sites for hydroxylation is 1. The van der Waals surface area contributed by atoms with Gasteiger partial charge in [0.1, 0.15) is 11.3 Å². The average Bonchev–Trinajstić information content (AvgIpc) is 2.84. The van der Waals surface area contributed by atoms with E-state index in [9.17, 15) is 9.59 Å². The van der Waals surface area contributed by atoms with Crippen LogP contribution in [0, 0.1) is 0 Å². The summed E-state index contributed by atoms with van der Waals surface area (Å²) in [6.07, 6.45) is 0.756. The van der Waals surface area contributed by atoms with Crippen molar-refractivity contribution in [1.29, 1.82) is 0 Å². The lowest BCUT2D eigenvalue weighted by Gasteiger charge is -1.97. The van der Waals surface area contributed by atoms with Gasteiger partial charge in [0, 0.05) is 6.07 Å². The van der Waals surface area contributed by atoms with Gasteiger partial charge in [0.05, 0.1) is 17.8 Å². The normalized spacial score (nSPS) is 14.2. The Kier molecular flexibility index (Phi) is 1.68. The van der Waals surface area contributed by atoms with Crippen LogP contribution in [0.3, 0.4) is 0 Å². The van der Waals surface area contributed by atoms with Crippen LogP contribution in [-0.2, 0) is 13.0 Å². The minimum atomic E-state index is -0.228. The molecule has 6 nitrogen and oxygen atoms in total. The number of nitrogens with zero attached hydrogens (tertiary/aromatic N) is 2. The predicted molar refractivity (Wildman–Crippen MR) is 56.4 cm³/mol. The molecule has 0 fully saturated rings. The largest absolute Gasteiger partial charge is 0.346 e. The van der Waals surface area contributed by atoms with E-state index in [1.54, 1.807) is 6.07 Å². The van der Waals surface area contributed by atoms with Crippen LogP contribution in [-0.4, -0.2) is 20.5 Å². The molecule has 3 heterocycles. The van der Waals surface area contributed by atoms with Crippen LogP contribution in [0.1, 0.15) is 28.7 Å². The van der Waals surface area contributed by atoms with Gasteiger partial charge in [-0.1, -0.05) is 6.92 Å². The van der Waals surface area contributed by atoms with Gasteiger partial charge in [-0.2, -0.15) is 9.61 Å². The molecule has 0 bridgehead atoms. The quantitative estimate of drug-likeness (QED) is 0.697. The molecule has 2 N–H and O–H groups in total. The topological polar surface area (TPSA) is 79.3 Å². The number of amides is 1. The van der Waals surface area contributed by atoms with E-state index in [-0.39, 0.29) is 18.0 Å². The third kappa shape index (κ3) is 1.04. The van der Waals surface area contributed by atoms with Gasteiger partial charge in [-0.15, -0.1) is 0 Å².